The minimum atomic E-state index is -1.81. The van der Waals surface area contributed by atoms with Crippen molar-refractivity contribution in [1.82, 2.24) is 0 Å². The molecule has 0 aliphatic heterocycles. The van der Waals surface area contributed by atoms with Crippen molar-refractivity contribution in [1.29, 1.82) is 0 Å². The summed E-state index contributed by atoms with van der Waals surface area (Å²) in [5.74, 6) is 0. The molecule has 0 spiro atoms. The number of aliphatic hydroxyl groups is 1. The van der Waals surface area contributed by atoms with E-state index in [2.05, 4.69) is 53.9 Å². The van der Waals surface area contributed by atoms with Crippen molar-refractivity contribution in [2.45, 2.75) is 102 Å². The Morgan fingerprint density at radius 2 is 1.88 bits per heavy atom. The molecular weight excluding hydrogens is 336 g/mol. The summed E-state index contributed by atoms with van der Waals surface area (Å²) >= 11 is 0. The molecule has 2 aliphatic rings. The lowest BCUT2D eigenvalue weighted by Gasteiger charge is -2.48. The highest BCUT2D eigenvalue weighted by Gasteiger charge is 2.53. The summed E-state index contributed by atoms with van der Waals surface area (Å²) in [6.07, 6.45) is 10.5. The number of hydrogen-bond donors (Lipinski definition) is 1. The SMILES string of the molecule is C=CCC[C@]1(O)CC[C@@]2(C)C(=C1CC=C)CC[C@@H]2O[Si](C)(C)C(C)(C)C. The molecule has 0 amide bonds. The van der Waals surface area contributed by atoms with Crippen molar-refractivity contribution >= 4 is 8.32 Å². The van der Waals surface area contributed by atoms with E-state index < -0.39 is 13.9 Å². The fraction of sp³-hybridized carbons (Fsp3) is 0.739. The van der Waals surface area contributed by atoms with Crippen LogP contribution in [0.3, 0.4) is 0 Å². The van der Waals surface area contributed by atoms with Gasteiger partial charge in [0, 0.05) is 5.41 Å². The van der Waals surface area contributed by atoms with E-state index >= 15 is 0 Å². The Labute approximate surface area is 162 Å². The zero-order chi connectivity index (χ0) is 19.8. The van der Waals surface area contributed by atoms with E-state index in [0.29, 0.717) is 0 Å². The van der Waals surface area contributed by atoms with Crippen molar-refractivity contribution in [3.63, 3.8) is 0 Å². The van der Waals surface area contributed by atoms with E-state index in [4.69, 9.17) is 4.43 Å². The van der Waals surface area contributed by atoms with Crippen LogP contribution < -0.4 is 0 Å². The van der Waals surface area contributed by atoms with Crippen molar-refractivity contribution < 1.29 is 9.53 Å². The summed E-state index contributed by atoms with van der Waals surface area (Å²) in [6, 6.07) is 0. The van der Waals surface area contributed by atoms with Crippen LogP contribution >= 0.6 is 0 Å². The Morgan fingerprint density at radius 3 is 2.42 bits per heavy atom. The van der Waals surface area contributed by atoms with Crippen LogP contribution in [0.1, 0.15) is 72.6 Å². The Kier molecular flexibility index (Phi) is 6.17. The molecule has 2 nitrogen and oxygen atoms in total. The lowest BCUT2D eigenvalue weighted by atomic mass is 9.64. The van der Waals surface area contributed by atoms with Crippen LogP contribution in [0.4, 0.5) is 0 Å². The van der Waals surface area contributed by atoms with Gasteiger partial charge in [-0.25, -0.2) is 0 Å². The van der Waals surface area contributed by atoms with E-state index in [-0.39, 0.29) is 16.6 Å². The lowest BCUT2D eigenvalue weighted by molar-refractivity contribution is 0.00956. The Hall–Kier alpha value is -0.643. The molecule has 26 heavy (non-hydrogen) atoms. The van der Waals surface area contributed by atoms with Gasteiger partial charge in [0.05, 0.1) is 11.7 Å². The van der Waals surface area contributed by atoms with Crippen LogP contribution in [-0.4, -0.2) is 25.1 Å². The molecule has 0 aromatic carbocycles. The van der Waals surface area contributed by atoms with Crippen molar-refractivity contribution in [3.8, 4) is 0 Å². The van der Waals surface area contributed by atoms with Crippen LogP contribution in [0.15, 0.2) is 36.5 Å². The van der Waals surface area contributed by atoms with E-state index in [9.17, 15) is 5.11 Å². The summed E-state index contributed by atoms with van der Waals surface area (Å²) in [5.41, 5.74) is 2.06. The summed E-state index contributed by atoms with van der Waals surface area (Å²) in [6.45, 7) is 21.8. The topological polar surface area (TPSA) is 29.5 Å². The third-order valence-corrected chi connectivity index (χ3v) is 11.9. The lowest BCUT2D eigenvalue weighted by Crippen LogP contribution is -2.49. The third-order valence-electron chi connectivity index (χ3n) is 7.39. The maximum Gasteiger partial charge on any atom is 0.192 e. The first-order valence-corrected chi connectivity index (χ1v) is 13.2. The minimum absolute atomic E-state index is 0.0638. The van der Waals surface area contributed by atoms with E-state index in [1.165, 1.54) is 11.1 Å². The van der Waals surface area contributed by atoms with Gasteiger partial charge in [0.1, 0.15) is 0 Å². The normalized spacial score (nSPS) is 32.5. The molecule has 3 heteroatoms. The van der Waals surface area contributed by atoms with Crippen molar-refractivity contribution in [2.75, 3.05) is 0 Å². The predicted octanol–water partition coefficient (Wildman–Crippen LogP) is 6.54. The second kappa shape index (κ2) is 7.41. The van der Waals surface area contributed by atoms with Crippen LogP contribution in [0.2, 0.25) is 18.1 Å². The van der Waals surface area contributed by atoms with Gasteiger partial charge in [-0.3, -0.25) is 0 Å². The largest absolute Gasteiger partial charge is 0.413 e. The smallest absolute Gasteiger partial charge is 0.192 e. The number of allylic oxidation sites excluding steroid dienone is 2. The first-order valence-electron chi connectivity index (χ1n) is 10.3. The molecule has 0 aromatic heterocycles. The molecule has 0 unspecified atom stereocenters. The Bertz CT molecular complexity index is 584. The number of hydrogen-bond acceptors (Lipinski definition) is 2. The molecule has 2 aliphatic carbocycles. The van der Waals surface area contributed by atoms with Gasteiger partial charge >= 0.3 is 0 Å². The molecule has 1 fully saturated rings. The average Bonchev–Trinajstić information content (AvgIpc) is 2.84. The number of rotatable bonds is 7. The van der Waals surface area contributed by atoms with Crippen LogP contribution in [0.5, 0.6) is 0 Å². The van der Waals surface area contributed by atoms with Crippen LogP contribution in [-0.2, 0) is 4.43 Å². The molecule has 1 N–H and O–H groups in total. The highest BCUT2D eigenvalue weighted by Crippen LogP contribution is 2.57. The van der Waals surface area contributed by atoms with E-state index in [0.717, 1.165) is 44.9 Å². The first kappa shape index (κ1) is 21.7. The van der Waals surface area contributed by atoms with Gasteiger partial charge in [0.2, 0.25) is 0 Å². The summed E-state index contributed by atoms with van der Waals surface area (Å²) in [4.78, 5) is 0. The molecule has 0 radical (unpaired) electrons. The van der Waals surface area contributed by atoms with Gasteiger partial charge in [-0.15, -0.1) is 13.2 Å². The van der Waals surface area contributed by atoms with Crippen LogP contribution in [0.25, 0.3) is 0 Å². The summed E-state index contributed by atoms with van der Waals surface area (Å²) in [5, 5.41) is 11.6. The molecule has 148 valence electrons. The van der Waals surface area contributed by atoms with Gasteiger partial charge in [-0.1, -0.05) is 45.4 Å². The molecule has 1 saturated carbocycles. The van der Waals surface area contributed by atoms with E-state index in [1.54, 1.807) is 0 Å². The molecule has 3 atom stereocenters. The molecule has 2 rings (SSSR count). The summed E-state index contributed by atoms with van der Waals surface area (Å²) < 4.78 is 6.89. The zero-order valence-electron chi connectivity index (χ0n) is 18.0. The molecular formula is C23H40O2Si. The van der Waals surface area contributed by atoms with Gasteiger partial charge in [0.15, 0.2) is 8.32 Å². The summed E-state index contributed by atoms with van der Waals surface area (Å²) in [7, 11) is -1.81. The monoisotopic (exact) mass is 376 g/mol. The van der Waals surface area contributed by atoms with E-state index in [1.807, 2.05) is 12.2 Å². The quantitative estimate of drug-likeness (QED) is 0.404. The first-order chi connectivity index (χ1) is 11.9. The van der Waals surface area contributed by atoms with Gasteiger partial charge < -0.3 is 9.53 Å². The second-order valence-corrected chi connectivity index (χ2v) is 14.9. The fourth-order valence-corrected chi connectivity index (χ4v) is 6.02. The predicted molar refractivity (Wildman–Crippen MR) is 115 cm³/mol. The Balaban J connectivity index is 2.38. The minimum Gasteiger partial charge on any atom is -0.413 e. The second-order valence-electron chi connectivity index (χ2n) is 10.1. The third kappa shape index (κ3) is 3.81. The van der Waals surface area contributed by atoms with Crippen molar-refractivity contribution in [3.05, 3.63) is 36.5 Å². The standard InChI is InChI=1S/C23H40O2Si/c1-9-11-15-23(24)17-16-22(6)18(19(23)12-10-2)13-14-20(22)25-26(7,8)21(3,4)5/h9-10,20,24H,1-2,11-17H2,3-8H3/t20-,22-,23-/m0/s1. The highest BCUT2D eigenvalue weighted by atomic mass is 28.4. The maximum atomic E-state index is 11.4. The average molecular weight is 377 g/mol. The molecule has 0 aromatic rings. The van der Waals surface area contributed by atoms with Gasteiger partial charge in [0.25, 0.3) is 0 Å². The Morgan fingerprint density at radius 1 is 1.23 bits per heavy atom. The van der Waals surface area contributed by atoms with Gasteiger partial charge in [-0.2, -0.15) is 0 Å². The fourth-order valence-electron chi connectivity index (χ4n) is 4.58. The maximum absolute atomic E-state index is 11.4. The molecule has 0 bridgehead atoms. The highest BCUT2D eigenvalue weighted by molar-refractivity contribution is 6.74. The zero-order valence-corrected chi connectivity index (χ0v) is 19.0. The van der Waals surface area contributed by atoms with Crippen LogP contribution in [0, 0.1) is 5.41 Å². The van der Waals surface area contributed by atoms with Crippen molar-refractivity contribution in [2.24, 2.45) is 5.41 Å². The number of fused-ring (bicyclic) bond motifs is 1. The van der Waals surface area contributed by atoms with Gasteiger partial charge in [-0.05, 0) is 68.7 Å². The molecule has 0 saturated heterocycles. The molecule has 0 heterocycles.